The third-order valence-electron chi connectivity index (χ3n) is 5.09. The van der Waals surface area contributed by atoms with Gasteiger partial charge in [0.15, 0.2) is 0 Å². The van der Waals surface area contributed by atoms with Gasteiger partial charge in [-0.25, -0.2) is 14.4 Å². The van der Waals surface area contributed by atoms with Gasteiger partial charge in [-0.15, -0.1) is 0 Å². The molecule has 0 saturated carbocycles. The fourth-order valence-electron chi connectivity index (χ4n) is 3.60. The number of amides is 2. The van der Waals surface area contributed by atoms with E-state index in [-0.39, 0.29) is 18.9 Å². The van der Waals surface area contributed by atoms with Crippen LogP contribution in [0.15, 0.2) is 57.7 Å². The van der Waals surface area contributed by atoms with Crippen molar-refractivity contribution in [3.05, 3.63) is 81.2 Å². The average Bonchev–Trinajstić information content (AvgIpc) is 2.70. The number of rotatable bonds is 7. The molecule has 7 heteroatoms. The first-order chi connectivity index (χ1) is 14.7. The summed E-state index contributed by atoms with van der Waals surface area (Å²) in [6, 6.07) is 12.6. The summed E-state index contributed by atoms with van der Waals surface area (Å²) in [5.41, 5.74) is 8.68. The molecule has 0 aliphatic carbocycles. The largest absolute Gasteiger partial charge is 0.459 e. The third-order valence-corrected chi connectivity index (χ3v) is 5.09. The molecule has 0 aliphatic rings. The summed E-state index contributed by atoms with van der Waals surface area (Å²) in [6.45, 7) is 5.99. The molecule has 0 radical (unpaired) electrons. The van der Waals surface area contributed by atoms with E-state index in [4.69, 9.17) is 14.9 Å². The molecule has 1 heterocycles. The van der Waals surface area contributed by atoms with Crippen molar-refractivity contribution >= 4 is 23.0 Å². The third kappa shape index (κ3) is 5.51. The Morgan fingerprint density at radius 2 is 1.84 bits per heavy atom. The van der Waals surface area contributed by atoms with Gasteiger partial charge in [-0.1, -0.05) is 44.2 Å². The highest BCUT2D eigenvalue weighted by Crippen LogP contribution is 2.27. The minimum Gasteiger partial charge on any atom is -0.459 e. The van der Waals surface area contributed by atoms with E-state index >= 15 is 0 Å². The number of esters is 1. The lowest BCUT2D eigenvalue weighted by Gasteiger charge is -2.17. The van der Waals surface area contributed by atoms with Gasteiger partial charge >= 0.3 is 17.6 Å². The van der Waals surface area contributed by atoms with Crippen LogP contribution in [-0.4, -0.2) is 18.0 Å². The number of benzene rings is 2. The van der Waals surface area contributed by atoms with E-state index in [2.05, 4.69) is 19.2 Å². The molecule has 0 saturated heterocycles. The molecule has 2 amide bonds. The molecule has 3 aromatic rings. The molecule has 7 nitrogen and oxygen atoms in total. The van der Waals surface area contributed by atoms with Crippen LogP contribution in [0.2, 0.25) is 0 Å². The van der Waals surface area contributed by atoms with Gasteiger partial charge in [0.25, 0.3) is 0 Å². The van der Waals surface area contributed by atoms with Crippen LogP contribution in [0.5, 0.6) is 0 Å². The predicted molar refractivity (Wildman–Crippen MR) is 118 cm³/mol. The highest BCUT2D eigenvalue weighted by Gasteiger charge is 2.22. The molecular formula is C24H26N2O5. The Bertz CT molecular complexity index is 1150. The minimum absolute atomic E-state index is 0.132. The fourth-order valence-corrected chi connectivity index (χ4v) is 3.60. The number of carbonyl (C=O) groups is 2. The molecule has 2 aromatic carbocycles. The van der Waals surface area contributed by atoms with E-state index < -0.39 is 23.7 Å². The SMILES string of the molecule is Cc1cc2oc(=O)cc(COC(=O)[C@H](Cc3ccccc3)NC(N)=O)c2cc1C(C)C. The van der Waals surface area contributed by atoms with Crippen LogP contribution in [0.1, 0.15) is 42.0 Å². The first-order valence-electron chi connectivity index (χ1n) is 10.1. The maximum atomic E-state index is 12.7. The lowest BCUT2D eigenvalue weighted by Crippen LogP contribution is -2.45. The van der Waals surface area contributed by atoms with Crippen LogP contribution >= 0.6 is 0 Å². The van der Waals surface area contributed by atoms with Crippen LogP contribution in [-0.2, 0) is 22.6 Å². The number of carbonyl (C=O) groups excluding carboxylic acids is 2. The summed E-state index contributed by atoms with van der Waals surface area (Å²) in [6.07, 6.45) is 0.233. The number of primary amides is 1. The molecular weight excluding hydrogens is 396 g/mol. The molecule has 0 fully saturated rings. The van der Waals surface area contributed by atoms with Crippen molar-refractivity contribution in [3.63, 3.8) is 0 Å². The normalized spacial score (nSPS) is 12.0. The van der Waals surface area contributed by atoms with Crippen molar-refractivity contribution < 1.29 is 18.7 Å². The summed E-state index contributed by atoms with van der Waals surface area (Å²) in [5, 5.41) is 3.14. The Morgan fingerprint density at radius 1 is 1.13 bits per heavy atom. The van der Waals surface area contributed by atoms with Gasteiger partial charge in [-0.05, 0) is 41.7 Å². The van der Waals surface area contributed by atoms with Gasteiger partial charge in [0.2, 0.25) is 0 Å². The fraction of sp³-hybridized carbons (Fsp3) is 0.292. The minimum atomic E-state index is -0.945. The molecule has 3 N–H and O–H groups in total. The van der Waals surface area contributed by atoms with Crippen molar-refractivity contribution in [1.82, 2.24) is 5.32 Å². The second-order valence-electron chi connectivity index (χ2n) is 7.81. The lowest BCUT2D eigenvalue weighted by atomic mass is 9.95. The van der Waals surface area contributed by atoms with E-state index in [9.17, 15) is 14.4 Å². The Balaban J connectivity index is 1.85. The van der Waals surface area contributed by atoms with Gasteiger partial charge in [0.05, 0.1) is 0 Å². The van der Waals surface area contributed by atoms with E-state index in [1.54, 1.807) is 0 Å². The molecule has 1 aromatic heterocycles. The standard InChI is InChI=1S/C24H26N2O5/c1-14(2)18-12-19-17(11-22(27)31-21(19)9-15(18)3)13-30-23(28)20(26-24(25)29)10-16-7-5-4-6-8-16/h4-9,11-12,14,20H,10,13H2,1-3H3,(H3,25,26,29)/t20-/m0/s1. The van der Waals surface area contributed by atoms with Crippen LogP contribution in [0.3, 0.4) is 0 Å². The number of urea groups is 1. The predicted octanol–water partition coefficient (Wildman–Crippen LogP) is 3.55. The van der Waals surface area contributed by atoms with E-state index in [0.717, 1.165) is 16.7 Å². The summed E-state index contributed by atoms with van der Waals surface area (Å²) < 4.78 is 10.8. The quantitative estimate of drug-likeness (QED) is 0.447. The van der Waals surface area contributed by atoms with Crippen molar-refractivity contribution in [2.75, 3.05) is 0 Å². The smallest absolute Gasteiger partial charge is 0.336 e. The maximum Gasteiger partial charge on any atom is 0.336 e. The average molecular weight is 422 g/mol. The number of hydrogen-bond acceptors (Lipinski definition) is 5. The number of hydrogen-bond donors (Lipinski definition) is 2. The van der Waals surface area contributed by atoms with Crippen molar-refractivity contribution in [1.29, 1.82) is 0 Å². The van der Waals surface area contributed by atoms with Crippen molar-refractivity contribution in [2.24, 2.45) is 5.73 Å². The topological polar surface area (TPSA) is 112 Å². The first kappa shape index (κ1) is 22.1. The number of nitrogens with two attached hydrogens (primary N) is 1. The molecule has 162 valence electrons. The molecule has 0 bridgehead atoms. The van der Waals surface area contributed by atoms with Gasteiger partial charge in [0, 0.05) is 23.4 Å². The first-order valence-corrected chi connectivity index (χ1v) is 10.1. The van der Waals surface area contributed by atoms with E-state index in [1.807, 2.05) is 49.4 Å². The van der Waals surface area contributed by atoms with Crippen LogP contribution in [0, 0.1) is 6.92 Å². The lowest BCUT2D eigenvalue weighted by molar-refractivity contribution is -0.147. The Labute approximate surface area is 180 Å². The van der Waals surface area contributed by atoms with Crippen LogP contribution in [0.25, 0.3) is 11.0 Å². The zero-order valence-corrected chi connectivity index (χ0v) is 17.8. The molecule has 0 unspecified atom stereocenters. The van der Waals surface area contributed by atoms with Gasteiger partial charge in [-0.3, -0.25) is 0 Å². The van der Waals surface area contributed by atoms with E-state index in [0.29, 0.717) is 16.5 Å². The molecule has 0 aliphatic heterocycles. The van der Waals surface area contributed by atoms with Crippen LogP contribution in [0.4, 0.5) is 4.79 Å². The van der Waals surface area contributed by atoms with Gasteiger partial charge < -0.3 is 20.2 Å². The number of ether oxygens (including phenoxy) is 1. The highest BCUT2D eigenvalue weighted by atomic mass is 16.5. The zero-order chi connectivity index (χ0) is 22.5. The Morgan fingerprint density at radius 3 is 2.48 bits per heavy atom. The van der Waals surface area contributed by atoms with Gasteiger partial charge in [-0.2, -0.15) is 0 Å². The summed E-state index contributed by atoms with van der Waals surface area (Å²) in [7, 11) is 0. The van der Waals surface area contributed by atoms with Gasteiger partial charge in [0.1, 0.15) is 18.2 Å². The van der Waals surface area contributed by atoms with Crippen molar-refractivity contribution in [3.8, 4) is 0 Å². The Kier molecular flexibility index (Phi) is 6.74. The summed E-state index contributed by atoms with van der Waals surface area (Å²) in [5.74, 6) is -0.359. The number of nitrogens with one attached hydrogen (secondary N) is 1. The molecule has 31 heavy (non-hydrogen) atoms. The van der Waals surface area contributed by atoms with E-state index in [1.165, 1.54) is 6.07 Å². The zero-order valence-electron chi connectivity index (χ0n) is 17.8. The second kappa shape index (κ2) is 9.47. The summed E-state index contributed by atoms with van der Waals surface area (Å²) in [4.78, 5) is 36.1. The Hall–Kier alpha value is -3.61. The maximum absolute atomic E-state index is 12.7. The molecule has 0 spiro atoms. The number of aryl methyl sites for hydroxylation is 1. The van der Waals surface area contributed by atoms with Crippen molar-refractivity contribution in [2.45, 2.75) is 45.8 Å². The monoisotopic (exact) mass is 422 g/mol. The number of fused-ring (bicyclic) bond motifs is 1. The molecule has 1 atom stereocenters. The molecule has 3 rings (SSSR count). The second-order valence-corrected chi connectivity index (χ2v) is 7.81. The summed E-state index contributed by atoms with van der Waals surface area (Å²) >= 11 is 0. The highest BCUT2D eigenvalue weighted by molar-refractivity contribution is 5.84. The van der Waals surface area contributed by atoms with Crippen LogP contribution < -0.4 is 16.7 Å².